The van der Waals surface area contributed by atoms with Gasteiger partial charge in [-0.1, -0.05) is 31.2 Å². The summed E-state index contributed by atoms with van der Waals surface area (Å²) < 4.78 is 0. The van der Waals surface area contributed by atoms with E-state index in [2.05, 4.69) is 60.1 Å². The second kappa shape index (κ2) is 7.62. The number of benzene rings is 1. The predicted molar refractivity (Wildman–Crippen MR) is 82.5 cm³/mol. The summed E-state index contributed by atoms with van der Waals surface area (Å²) in [5, 5.41) is 5.78. The van der Waals surface area contributed by atoms with Crippen LogP contribution in [-0.2, 0) is 0 Å². The quantitative estimate of drug-likeness (QED) is 0.587. The molecule has 0 amide bonds. The lowest BCUT2D eigenvalue weighted by Crippen LogP contribution is -2.22. The van der Waals surface area contributed by atoms with E-state index in [1.54, 1.807) is 0 Å². The van der Waals surface area contributed by atoms with Crippen LogP contribution in [0, 0.1) is 0 Å². The summed E-state index contributed by atoms with van der Waals surface area (Å²) in [5.41, 5.74) is 0. The fourth-order valence-electron chi connectivity index (χ4n) is 1.85. The highest BCUT2D eigenvalue weighted by Crippen LogP contribution is 2.22. The van der Waals surface area contributed by atoms with Gasteiger partial charge in [0.1, 0.15) is 0 Å². The Morgan fingerprint density at radius 1 is 1.17 bits per heavy atom. The maximum Gasteiger partial charge on any atom is 0.0412 e. The van der Waals surface area contributed by atoms with Crippen LogP contribution in [0.4, 0.5) is 0 Å². The SMILES string of the molecule is CCC(NCCSc1ccccc1)c1cccs1. The fraction of sp³-hybridized carbons (Fsp3) is 0.333. The summed E-state index contributed by atoms with van der Waals surface area (Å²) in [6, 6.07) is 15.4. The highest BCUT2D eigenvalue weighted by molar-refractivity contribution is 7.99. The topological polar surface area (TPSA) is 12.0 Å². The van der Waals surface area contributed by atoms with Gasteiger partial charge in [0.15, 0.2) is 0 Å². The van der Waals surface area contributed by atoms with Gasteiger partial charge in [-0.15, -0.1) is 23.1 Å². The first-order valence-electron chi connectivity index (χ1n) is 6.34. The lowest BCUT2D eigenvalue weighted by molar-refractivity contribution is 0.548. The Hall–Kier alpha value is -0.770. The number of hydrogen-bond donors (Lipinski definition) is 1. The van der Waals surface area contributed by atoms with Crippen molar-refractivity contribution >= 4 is 23.1 Å². The minimum atomic E-state index is 0.515. The van der Waals surface area contributed by atoms with E-state index in [1.165, 1.54) is 9.77 Å². The van der Waals surface area contributed by atoms with Gasteiger partial charge in [0.2, 0.25) is 0 Å². The second-order valence-electron chi connectivity index (χ2n) is 4.09. The fourth-order valence-corrected chi connectivity index (χ4v) is 3.55. The Morgan fingerprint density at radius 2 is 2.00 bits per heavy atom. The van der Waals surface area contributed by atoms with Gasteiger partial charge < -0.3 is 5.32 Å². The summed E-state index contributed by atoms with van der Waals surface area (Å²) in [6.45, 7) is 3.29. The average molecular weight is 277 g/mol. The Kier molecular flexibility index (Phi) is 5.78. The van der Waals surface area contributed by atoms with Crippen molar-refractivity contribution in [2.75, 3.05) is 12.3 Å². The van der Waals surface area contributed by atoms with Crippen molar-refractivity contribution in [1.82, 2.24) is 5.32 Å². The maximum atomic E-state index is 3.63. The van der Waals surface area contributed by atoms with Crippen LogP contribution in [0.3, 0.4) is 0 Å². The van der Waals surface area contributed by atoms with Crippen molar-refractivity contribution in [3.63, 3.8) is 0 Å². The Bertz CT molecular complexity index is 425. The smallest absolute Gasteiger partial charge is 0.0412 e. The molecule has 2 rings (SSSR count). The molecule has 1 atom stereocenters. The van der Waals surface area contributed by atoms with E-state index < -0.39 is 0 Å². The van der Waals surface area contributed by atoms with Gasteiger partial charge >= 0.3 is 0 Å². The molecule has 0 saturated heterocycles. The molecule has 0 bridgehead atoms. The van der Waals surface area contributed by atoms with E-state index in [0.717, 1.165) is 18.7 Å². The highest BCUT2D eigenvalue weighted by Gasteiger charge is 2.08. The molecule has 1 heterocycles. The van der Waals surface area contributed by atoms with Crippen LogP contribution in [0.25, 0.3) is 0 Å². The minimum absolute atomic E-state index is 0.515. The first kappa shape index (κ1) is 13.7. The summed E-state index contributed by atoms with van der Waals surface area (Å²) >= 11 is 3.75. The molecule has 0 aliphatic rings. The normalized spacial score (nSPS) is 12.5. The third-order valence-electron chi connectivity index (χ3n) is 2.80. The zero-order valence-corrected chi connectivity index (χ0v) is 12.3. The number of thioether (sulfide) groups is 1. The standard InChI is InChI=1S/C15H19NS2/c1-2-14(15-9-6-11-18-15)16-10-12-17-13-7-4-3-5-8-13/h3-9,11,14,16H,2,10,12H2,1H3. The van der Waals surface area contributed by atoms with Gasteiger partial charge in [0.25, 0.3) is 0 Å². The molecule has 0 fully saturated rings. The predicted octanol–water partition coefficient (Wildman–Crippen LogP) is 4.58. The van der Waals surface area contributed by atoms with Gasteiger partial charge in [0.05, 0.1) is 0 Å². The van der Waals surface area contributed by atoms with E-state index in [9.17, 15) is 0 Å². The molecule has 2 aromatic rings. The van der Waals surface area contributed by atoms with Gasteiger partial charge in [-0.25, -0.2) is 0 Å². The van der Waals surface area contributed by atoms with Crippen LogP contribution in [0.2, 0.25) is 0 Å². The molecule has 0 saturated carbocycles. The third-order valence-corrected chi connectivity index (χ3v) is 4.80. The molecule has 0 aliphatic heterocycles. The molecule has 1 nitrogen and oxygen atoms in total. The first-order chi connectivity index (χ1) is 8.90. The molecule has 1 N–H and O–H groups in total. The molecular formula is C15H19NS2. The van der Waals surface area contributed by atoms with Crippen molar-refractivity contribution in [1.29, 1.82) is 0 Å². The van der Waals surface area contributed by atoms with Crippen molar-refractivity contribution < 1.29 is 0 Å². The monoisotopic (exact) mass is 277 g/mol. The highest BCUT2D eigenvalue weighted by atomic mass is 32.2. The van der Waals surface area contributed by atoms with Crippen molar-refractivity contribution in [2.24, 2.45) is 0 Å². The summed E-state index contributed by atoms with van der Waals surface area (Å²) in [6.07, 6.45) is 1.15. The molecule has 3 heteroatoms. The zero-order valence-electron chi connectivity index (χ0n) is 10.6. The van der Waals surface area contributed by atoms with E-state index >= 15 is 0 Å². The van der Waals surface area contributed by atoms with Crippen molar-refractivity contribution in [3.05, 3.63) is 52.7 Å². The molecule has 1 aromatic heterocycles. The minimum Gasteiger partial charge on any atom is -0.308 e. The Labute approximate surface area is 118 Å². The van der Waals surface area contributed by atoms with Crippen LogP contribution in [-0.4, -0.2) is 12.3 Å². The lowest BCUT2D eigenvalue weighted by Gasteiger charge is -2.15. The maximum absolute atomic E-state index is 3.63. The summed E-state index contributed by atoms with van der Waals surface area (Å²) in [4.78, 5) is 2.80. The summed E-state index contributed by atoms with van der Waals surface area (Å²) in [5.74, 6) is 1.12. The van der Waals surface area contributed by atoms with Gasteiger partial charge in [0, 0.05) is 28.1 Å². The van der Waals surface area contributed by atoms with E-state index in [1.807, 2.05) is 23.1 Å². The van der Waals surface area contributed by atoms with Crippen LogP contribution >= 0.6 is 23.1 Å². The zero-order chi connectivity index (χ0) is 12.6. The summed E-state index contributed by atoms with van der Waals surface area (Å²) in [7, 11) is 0. The molecule has 0 spiro atoms. The number of nitrogens with one attached hydrogen (secondary N) is 1. The van der Waals surface area contributed by atoms with Crippen molar-refractivity contribution in [2.45, 2.75) is 24.3 Å². The van der Waals surface area contributed by atoms with Gasteiger partial charge in [-0.2, -0.15) is 0 Å². The largest absolute Gasteiger partial charge is 0.308 e. The molecule has 0 aliphatic carbocycles. The molecule has 1 aromatic carbocycles. The van der Waals surface area contributed by atoms with Crippen LogP contribution in [0.15, 0.2) is 52.7 Å². The molecule has 0 radical (unpaired) electrons. The van der Waals surface area contributed by atoms with Crippen LogP contribution in [0.1, 0.15) is 24.3 Å². The number of hydrogen-bond acceptors (Lipinski definition) is 3. The van der Waals surface area contributed by atoms with Crippen molar-refractivity contribution in [3.8, 4) is 0 Å². The molecule has 18 heavy (non-hydrogen) atoms. The van der Waals surface area contributed by atoms with Crippen LogP contribution in [0.5, 0.6) is 0 Å². The van der Waals surface area contributed by atoms with Gasteiger partial charge in [-0.3, -0.25) is 0 Å². The number of thiophene rings is 1. The Morgan fingerprint density at radius 3 is 2.67 bits per heavy atom. The van der Waals surface area contributed by atoms with E-state index in [0.29, 0.717) is 6.04 Å². The molecule has 1 unspecified atom stereocenters. The van der Waals surface area contributed by atoms with Crippen LogP contribution < -0.4 is 5.32 Å². The second-order valence-corrected chi connectivity index (χ2v) is 6.24. The van der Waals surface area contributed by atoms with E-state index in [4.69, 9.17) is 0 Å². The first-order valence-corrected chi connectivity index (χ1v) is 8.21. The average Bonchev–Trinajstić information content (AvgIpc) is 2.94. The van der Waals surface area contributed by atoms with Gasteiger partial charge in [-0.05, 0) is 30.0 Å². The lowest BCUT2D eigenvalue weighted by atomic mass is 10.2. The third kappa shape index (κ3) is 4.16. The molecule has 96 valence electrons. The Balaban J connectivity index is 1.71. The molecular weight excluding hydrogens is 258 g/mol. The van der Waals surface area contributed by atoms with E-state index in [-0.39, 0.29) is 0 Å². The number of rotatable bonds is 7.